The molecule has 1 N–H and O–H groups in total. The summed E-state index contributed by atoms with van der Waals surface area (Å²) in [6.07, 6.45) is 6.76. The largest absolute Gasteiger partial charge is 0.316 e. The van der Waals surface area contributed by atoms with Crippen LogP contribution < -0.4 is 5.32 Å². The van der Waals surface area contributed by atoms with Gasteiger partial charge in [-0.05, 0) is 18.9 Å². The van der Waals surface area contributed by atoms with Crippen molar-refractivity contribution in [2.24, 2.45) is 5.92 Å². The lowest BCUT2D eigenvalue weighted by atomic mass is 10.0. The highest BCUT2D eigenvalue weighted by Gasteiger charge is 2.03. The molecular weight excluding hydrogens is 216 g/mol. The number of thiazole rings is 1. The van der Waals surface area contributed by atoms with E-state index in [-0.39, 0.29) is 0 Å². The summed E-state index contributed by atoms with van der Waals surface area (Å²) in [5, 5.41) is 4.80. The van der Waals surface area contributed by atoms with E-state index in [4.69, 9.17) is 0 Å². The molecule has 0 spiro atoms. The van der Waals surface area contributed by atoms with Crippen LogP contribution in [0.4, 0.5) is 0 Å². The average molecular weight is 240 g/mol. The van der Waals surface area contributed by atoms with E-state index in [9.17, 15) is 0 Å². The van der Waals surface area contributed by atoms with Crippen molar-refractivity contribution in [2.75, 3.05) is 13.1 Å². The first-order valence-corrected chi connectivity index (χ1v) is 7.26. The average Bonchev–Trinajstić information content (AvgIpc) is 2.77. The zero-order chi connectivity index (χ0) is 11.8. The fourth-order valence-electron chi connectivity index (χ4n) is 1.71. The lowest BCUT2D eigenvalue weighted by molar-refractivity contribution is 0.452. The molecule has 0 aromatic carbocycles. The summed E-state index contributed by atoms with van der Waals surface area (Å²) in [7, 11) is 0. The maximum Gasteiger partial charge on any atom is 0.0940 e. The molecule has 1 rings (SSSR count). The summed E-state index contributed by atoms with van der Waals surface area (Å²) in [6, 6.07) is 0. The van der Waals surface area contributed by atoms with Crippen LogP contribution in [0.3, 0.4) is 0 Å². The molecule has 3 heteroatoms. The molecule has 1 aromatic rings. The second kappa shape index (κ2) is 7.80. The normalized spacial score (nSPS) is 11.2. The second-order valence-electron chi connectivity index (χ2n) is 4.21. The molecule has 92 valence electrons. The molecule has 0 atom stereocenters. The Kier molecular flexibility index (Phi) is 6.65. The molecular formula is C13H24N2S. The van der Waals surface area contributed by atoms with Gasteiger partial charge in [-0.2, -0.15) is 0 Å². The number of hydrogen-bond acceptors (Lipinski definition) is 3. The van der Waals surface area contributed by atoms with Gasteiger partial charge in [0, 0.05) is 24.0 Å². The van der Waals surface area contributed by atoms with Gasteiger partial charge in [-0.25, -0.2) is 4.98 Å². The summed E-state index contributed by atoms with van der Waals surface area (Å²) >= 11 is 1.85. The molecule has 0 amide bonds. The third-order valence-corrected chi connectivity index (χ3v) is 4.25. The molecule has 1 heterocycles. The van der Waals surface area contributed by atoms with E-state index in [1.165, 1.54) is 22.7 Å². The highest BCUT2D eigenvalue weighted by molar-refractivity contribution is 7.11. The number of hydrogen-bond donors (Lipinski definition) is 1. The maximum atomic E-state index is 4.42. The fourth-order valence-corrected chi connectivity index (χ4v) is 2.57. The van der Waals surface area contributed by atoms with Gasteiger partial charge in [0.1, 0.15) is 0 Å². The van der Waals surface area contributed by atoms with Crippen molar-refractivity contribution in [2.45, 2.75) is 46.5 Å². The van der Waals surface area contributed by atoms with E-state index in [1.54, 1.807) is 0 Å². The predicted octanol–water partition coefficient (Wildman–Crippen LogP) is 3.27. The SMILES string of the molecule is CCc1cnc(CCNCC(CC)CC)s1. The lowest BCUT2D eigenvalue weighted by Crippen LogP contribution is -2.24. The Morgan fingerprint density at radius 2 is 2.06 bits per heavy atom. The van der Waals surface area contributed by atoms with Gasteiger partial charge in [0.2, 0.25) is 0 Å². The molecule has 2 nitrogen and oxygen atoms in total. The van der Waals surface area contributed by atoms with Gasteiger partial charge >= 0.3 is 0 Å². The number of nitrogens with zero attached hydrogens (tertiary/aromatic N) is 1. The van der Waals surface area contributed by atoms with Gasteiger partial charge in [-0.1, -0.05) is 33.6 Å². The Balaban J connectivity index is 2.15. The van der Waals surface area contributed by atoms with Crippen molar-refractivity contribution in [1.29, 1.82) is 0 Å². The van der Waals surface area contributed by atoms with Gasteiger partial charge < -0.3 is 5.32 Å². The van der Waals surface area contributed by atoms with Crippen molar-refractivity contribution in [3.8, 4) is 0 Å². The molecule has 16 heavy (non-hydrogen) atoms. The van der Waals surface area contributed by atoms with Gasteiger partial charge in [0.25, 0.3) is 0 Å². The Labute approximate surface area is 103 Å². The topological polar surface area (TPSA) is 24.9 Å². The molecule has 0 saturated heterocycles. The Morgan fingerprint density at radius 3 is 2.62 bits per heavy atom. The maximum absolute atomic E-state index is 4.42. The van der Waals surface area contributed by atoms with E-state index < -0.39 is 0 Å². The summed E-state index contributed by atoms with van der Waals surface area (Å²) < 4.78 is 0. The van der Waals surface area contributed by atoms with Gasteiger partial charge in [-0.3, -0.25) is 0 Å². The minimum Gasteiger partial charge on any atom is -0.316 e. The quantitative estimate of drug-likeness (QED) is 0.705. The fraction of sp³-hybridized carbons (Fsp3) is 0.769. The van der Waals surface area contributed by atoms with Gasteiger partial charge in [0.05, 0.1) is 5.01 Å². The van der Waals surface area contributed by atoms with Gasteiger partial charge in [0.15, 0.2) is 0 Å². The molecule has 0 saturated carbocycles. The van der Waals surface area contributed by atoms with Crippen LogP contribution in [-0.2, 0) is 12.8 Å². The number of nitrogens with one attached hydrogen (secondary N) is 1. The summed E-state index contributed by atoms with van der Waals surface area (Å²) in [4.78, 5) is 5.82. The summed E-state index contributed by atoms with van der Waals surface area (Å²) in [5.74, 6) is 0.836. The molecule has 0 aliphatic heterocycles. The van der Waals surface area contributed by atoms with Crippen LogP contribution in [0.25, 0.3) is 0 Å². The highest BCUT2D eigenvalue weighted by atomic mass is 32.1. The molecule has 0 radical (unpaired) electrons. The molecule has 0 aliphatic rings. The van der Waals surface area contributed by atoms with E-state index in [1.807, 2.05) is 17.5 Å². The first-order chi connectivity index (χ1) is 7.80. The van der Waals surface area contributed by atoms with Crippen LogP contribution >= 0.6 is 11.3 Å². The van der Waals surface area contributed by atoms with Crippen LogP contribution in [0.5, 0.6) is 0 Å². The third-order valence-electron chi connectivity index (χ3n) is 3.05. The third kappa shape index (κ3) is 4.62. The zero-order valence-corrected chi connectivity index (χ0v) is 11.6. The monoisotopic (exact) mass is 240 g/mol. The predicted molar refractivity (Wildman–Crippen MR) is 72.1 cm³/mol. The summed E-state index contributed by atoms with van der Waals surface area (Å²) in [6.45, 7) is 8.93. The van der Waals surface area contributed by atoms with Crippen molar-refractivity contribution in [3.63, 3.8) is 0 Å². The van der Waals surface area contributed by atoms with Crippen LogP contribution in [0.1, 0.15) is 43.5 Å². The molecule has 0 unspecified atom stereocenters. The van der Waals surface area contributed by atoms with E-state index in [2.05, 4.69) is 31.1 Å². The van der Waals surface area contributed by atoms with Crippen LogP contribution in [0, 0.1) is 5.92 Å². The first kappa shape index (κ1) is 13.7. The van der Waals surface area contributed by atoms with Crippen molar-refractivity contribution in [3.05, 3.63) is 16.1 Å². The lowest BCUT2D eigenvalue weighted by Gasteiger charge is -2.12. The van der Waals surface area contributed by atoms with E-state index in [0.717, 1.165) is 31.8 Å². The van der Waals surface area contributed by atoms with Crippen molar-refractivity contribution >= 4 is 11.3 Å². The van der Waals surface area contributed by atoms with E-state index in [0.29, 0.717) is 0 Å². The minimum atomic E-state index is 0.836. The molecule has 0 bridgehead atoms. The number of aromatic nitrogens is 1. The molecule has 0 aliphatic carbocycles. The first-order valence-electron chi connectivity index (χ1n) is 6.44. The number of rotatable bonds is 8. The Bertz CT molecular complexity index is 279. The summed E-state index contributed by atoms with van der Waals surface area (Å²) in [5.41, 5.74) is 0. The second-order valence-corrected chi connectivity index (χ2v) is 5.41. The zero-order valence-electron chi connectivity index (χ0n) is 10.8. The van der Waals surface area contributed by atoms with Crippen molar-refractivity contribution in [1.82, 2.24) is 10.3 Å². The van der Waals surface area contributed by atoms with Crippen LogP contribution in [-0.4, -0.2) is 18.1 Å². The van der Waals surface area contributed by atoms with Crippen LogP contribution in [0.2, 0.25) is 0 Å². The smallest absolute Gasteiger partial charge is 0.0940 e. The van der Waals surface area contributed by atoms with Gasteiger partial charge in [-0.15, -0.1) is 11.3 Å². The Morgan fingerprint density at radius 1 is 1.31 bits per heavy atom. The van der Waals surface area contributed by atoms with Crippen LogP contribution in [0.15, 0.2) is 6.20 Å². The number of aryl methyl sites for hydroxylation is 1. The standard InChI is InChI=1S/C13H24N2S/c1-4-11(5-2)9-14-8-7-13-15-10-12(6-3)16-13/h10-11,14H,4-9H2,1-3H3. The molecule has 1 aromatic heterocycles. The van der Waals surface area contributed by atoms with Crippen molar-refractivity contribution < 1.29 is 0 Å². The highest BCUT2D eigenvalue weighted by Crippen LogP contribution is 2.13. The minimum absolute atomic E-state index is 0.836. The molecule has 0 fully saturated rings. The Hall–Kier alpha value is -0.410. The van der Waals surface area contributed by atoms with E-state index >= 15 is 0 Å².